The van der Waals surface area contributed by atoms with E-state index in [1.54, 1.807) is 27.7 Å². The number of carbonyl (C=O) groups excluding carboxylic acids is 6. The molecule has 18 heteroatoms. The Hall–Kier alpha value is -5.04. The normalized spacial score (nSPS) is 30.0. The van der Waals surface area contributed by atoms with Crippen LogP contribution in [0.15, 0.2) is 24.3 Å². The van der Waals surface area contributed by atoms with Crippen LogP contribution in [0, 0.1) is 0 Å². The van der Waals surface area contributed by atoms with Gasteiger partial charge in [0.05, 0.1) is 52.9 Å². The summed E-state index contributed by atoms with van der Waals surface area (Å²) >= 11 is 0. The fourth-order valence-electron chi connectivity index (χ4n) is 9.00. The lowest BCUT2D eigenvalue weighted by atomic mass is 9.93. The number of esters is 4. The third-order valence-electron chi connectivity index (χ3n) is 11.0. The van der Waals surface area contributed by atoms with Crippen molar-refractivity contribution in [2.45, 2.75) is 76.5 Å². The number of nitrogens with one attached hydrogen (secondary N) is 4. The average molecular weight is 721 g/mol. The van der Waals surface area contributed by atoms with E-state index in [-0.39, 0.29) is 65.9 Å². The lowest BCUT2D eigenvalue weighted by Crippen LogP contribution is -2.74. The van der Waals surface area contributed by atoms with Gasteiger partial charge in [-0.3, -0.25) is 30.2 Å². The first-order chi connectivity index (χ1) is 25.0. The van der Waals surface area contributed by atoms with E-state index in [9.17, 15) is 28.8 Å². The van der Waals surface area contributed by atoms with Gasteiger partial charge in [0.2, 0.25) is 11.3 Å². The molecule has 0 bridgehead atoms. The van der Waals surface area contributed by atoms with Crippen LogP contribution in [0.4, 0.5) is 9.59 Å². The largest absolute Gasteiger partial charge is 0.464 e. The lowest BCUT2D eigenvalue weighted by Gasteiger charge is -2.42. The van der Waals surface area contributed by atoms with Crippen molar-refractivity contribution in [2.75, 3.05) is 39.8 Å². The molecule has 0 saturated carbocycles. The van der Waals surface area contributed by atoms with Crippen molar-refractivity contribution in [1.82, 2.24) is 40.9 Å². The zero-order valence-corrected chi connectivity index (χ0v) is 29.3. The van der Waals surface area contributed by atoms with Gasteiger partial charge in [0.25, 0.3) is 11.3 Å². The van der Waals surface area contributed by atoms with Gasteiger partial charge in [-0.1, -0.05) is 0 Å². The summed E-state index contributed by atoms with van der Waals surface area (Å²) in [5.74, 6) is -3.12. The second-order valence-corrected chi connectivity index (χ2v) is 13.4. The number of benzene rings is 2. The number of rotatable bonds is 8. The number of ether oxygens (including phenoxy) is 4. The molecule has 0 spiro atoms. The van der Waals surface area contributed by atoms with E-state index >= 15 is 0 Å². The first-order valence-electron chi connectivity index (χ1n) is 17.4. The Kier molecular flexibility index (Phi) is 7.69. The Morgan fingerprint density at radius 1 is 0.558 bits per heavy atom. The Morgan fingerprint density at radius 2 is 0.923 bits per heavy atom. The van der Waals surface area contributed by atoms with Gasteiger partial charge in [-0.2, -0.15) is 0 Å². The van der Waals surface area contributed by atoms with Gasteiger partial charge in [-0.15, -0.1) is 0 Å². The van der Waals surface area contributed by atoms with E-state index in [0.29, 0.717) is 11.1 Å². The first kappa shape index (κ1) is 34.1. The molecule has 4 fully saturated rings. The topological polar surface area (TPSA) is 200 Å². The number of nitrogens with zero attached hydrogens (tertiary/aromatic N) is 4. The smallest absolute Gasteiger partial charge is 0.358 e. The van der Waals surface area contributed by atoms with Gasteiger partial charge in [0, 0.05) is 13.1 Å². The molecule has 52 heavy (non-hydrogen) atoms. The summed E-state index contributed by atoms with van der Waals surface area (Å²) in [5, 5.41) is 13.2. The van der Waals surface area contributed by atoms with Crippen LogP contribution in [0.3, 0.4) is 0 Å². The van der Waals surface area contributed by atoms with Crippen molar-refractivity contribution in [2.24, 2.45) is 0 Å². The van der Waals surface area contributed by atoms with E-state index in [1.807, 2.05) is 34.1 Å². The highest BCUT2D eigenvalue weighted by Gasteiger charge is 2.82. The fraction of sp³-hybridized carbons (Fsp3) is 0.529. The molecule has 4 N–H and O–H groups in total. The summed E-state index contributed by atoms with van der Waals surface area (Å²) in [5.41, 5.74) is -4.44. The first-order valence-corrected chi connectivity index (χ1v) is 17.4. The number of hydrogen-bond donors (Lipinski definition) is 4. The Labute approximate surface area is 297 Å². The second-order valence-electron chi connectivity index (χ2n) is 13.4. The Bertz CT molecular complexity index is 1860. The van der Waals surface area contributed by atoms with E-state index in [4.69, 9.17) is 18.9 Å². The SMILES string of the molecule is CCOC(=O)C12NCN3Cc4cc5cc6c(cc5cc4CN(CN1)C32C(=O)OCC)CN1C(=O)NC2(C(=O)OCC)NC(=O)N(C6)C12C(=O)OCC. The zero-order chi connectivity index (χ0) is 36.8. The molecule has 0 atom stereocenters. The molecule has 2 aromatic carbocycles. The van der Waals surface area contributed by atoms with Gasteiger partial charge in [0.1, 0.15) is 0 Å². The van der Waals surface area contributed by atoms with E-state index in [0.717, 1.165) is 31.7 Å². The molecule has 2 aromatic rings. The van der Waals surface area contributed by atoms with Crippen LogP contribution in [-0.4, -0.2) is 118 Å². The summed E-state index contributed by atoms with van der Waals surface area (Å²) < 4.78 is 21.9. The Balaban J connectivity index is 1.23. The van der Waals surface area contributed by atoms with Gasteiger partial charge in [0.15, 0.2) is 0 Å². The minimum absolute atomic E-state index is 0.0623. The molecular weight excluding hydrogens is 680 g/mol. The van der Waals surface area contributed by atoms with Gasteiger partial charge < -0.3 is 29.6 Å². The van der Waals surface area contributed by atoms with Gasteiger partial charge in [-0.05, 0) is 85.0 Å². The van der Waals surface area contributed by atoms with Gasteiger partial charge in [-0.25, -0.2) is 28.8 Å². The Morgan fingerprint density at radius 3 is 1.35 bits per heavy atom. The van der Waals surface area contributed by atoms with Crippen LogP contribution in [0.25, 0.3) is 10.8 Å². The zero-order valence-electron chi connectivity index (χ0n) is 29.3. The molecule has 6 aliphatic rings. The number of fused-ring (bicyclic) bond motifs is 3. The number of carbonyl (C=O) groups is 6. The van der Waals surface area contributed by atoms with Crippen molar-refractivity contribution in [1.29, 1.82) is 0 Å². The number of amides is 4. The third-order valence-corrected chi connectivity index (χ3v) is 11.0. The third kappa shape index (κ3) is 4.02. The molecule has 0 radical (unpaired) electrons. The van der Waals surface area contributed by atoms with Crippen molar-refractivity contribution in [3.63, 3.8) is 0 Å². The summed E-state index contributed by atoms with van der Waals surface area (Å²) in [6.07, 6.45) is 0. The number of hydrogen-bond acceptors (Lipinski definition) is 14. The monoisotopic (exact) mass is 720 g/mol. The fourth-order valence-corrected chi connectivity index (χ4v) is 9.00. The lowest BCUT2D eigenvalue weighted by molar-refractivity contribution is -0.181. The van der Waals surface area contributed by atoms with Crippen molar-refractivity contribution in [3.8, 4) is 0 Å². The summed E-state index contributed by atoms with van der Waals surface area (Å²) in [7, 11) is 0. The highest BCUT2D eigenvalue weighted by molar-refractivity contribution is 6.09. The molecule has 8 rings (SSSR count). The molecule has 0 aromatic heterocycles. The molecule has 0 aliphatic carbocycles. The molecule has 18 nitrogen and oxygen atoms in total. The van der Waals surface area contributed by atoms with E-state index in [2.05, 4.69) is 21.3 Å². The predicted octanol–water partition coefficient (Wildman–Crippen LogP) is -0.320. The highest BCUT2D eigenvalue weighted by atomic mass is 16.6. The van der Waals surface area contributed by atoms with Crippen LogP contribution in [0.2, 0.25) is 0 Å². The quantitative estimate of drug-likeness (QED) is 0.204. The van der Waals surface area contributed by atoms with E-state index in [1.165, 1.54) is 0 Å². The van der Waals surface area contributed by atoms with Crippen molar-refractivity contribution < 1.29 is 47.7 Å². The summed E-state index contributed by atoms with van der Waals surface area (Å²) in [6.45, 7) is 7.38. The van der Waals surface area contributed by atoms with Crippen LogP contribution < -0.4 is 21.3 Å². The molecule has 4 saturated heterocycles. The van der Waals surface area contributed by atoms with Crippen molar-refractivity contribution in [3.05, 3.63) is 46.5 Å². The maximum Gasteiger partial charge on any atom is 0.358 e. The van der Waals surface area contributed by atoms with Gasteiger partial charge >= 0.3 is 35.9 Å². The highest BCUT2D eigenvalue weighted by Crippen LogP contribution is 2.49. The molecular formula is C34H40N8O10. The van der Waals surface area contributed by atoms with Crippen LogP contribution in [0.5, 0.6) is 0 Å². The maximum atomic E-state index is 14.0. The minimum Gasteiger partial charge on any atom is -0.464 e. The predicted molar refractivity (Wildman–Crippen MR) is 177 cm³/mol. The minimum atomic E-state index is -2.25. The van der Waals surface area contributed by atoms with E-state index < -0.39 is 58.6 Å². The summed E-state index contributed by atoms with van der Waals surface area (Å²) in [6, 6.07) is 6.31. The molecule has 6 heterocycles. The standard InChI is InChI=1S/C34H40N8O10/c1-5-49-25(43)31-33(27(45)51-7-3)39(17-35-31)13-21-9-19-11-23-15-41-29(47)37-32(26(44)50-6-2)34(41,28(46)52-8-4)42(30(48)38-32)16-24(23)12-20(19)10-22(21)14-40(33)18-36-31/h9-12,35-36H,5-8,13-18H2,1-4H3,(H,37,47)(H,38,48). The molecule has 0 unspecified atom stereocenters. The second kappa shape index (κ2) is 11.7. The average Bonchev–Trinajstić information content (AvgIpc) is 3.69. The van der Waals surface area contributed by atoms with Crippen LogP contribution >= 0.6 is 0 Å². The van der Waals surface area contributed by atoms with Crippen molar-refractivity contribution >= 4 is 46.7 Å². The molecule has 4 amide bonds. The summed E-state index contributed by atoms with van der Waals surface area (Å²) in [4.78, 5) is 88.8. The van der Waals surface area contributed by atoms with Crippen LogP contribution in [-0.2, 0) is 64.3 Å². The number of urea groups is 2. The molecule has 276 valence electrons. The molecule has 6 aliphatic heterocycles. The maximum absolute atomic E-state index is 14.0. The van der Waals surface area contributed by atoms with Crippen LogP contribution in [0.1, 0.15) is 49.9 Å².